The Morgan fingerprint density at radius 1 is 1.20 bits per heavy atom. The summed E-state index contributed by atoms with van der Waals surface area (Å²) in [5.74, 6) is 0.664. The molecule has 2 aliphatic heterocycles. The predicted octanol–water partition coefficient (Wildman–Crippen LogP) is 4.04. The minimum Gasteiger partial charge on any atom is -0.489 e. The minimum atomic E-state index is -3.12. The molecule has 2 aliphatic rings. The molecule has 0 N–H and O–H groups in total. The van der Waals surface area contributed by atoms with Gasteiger partial charge in [0.2, 0.25) is 10.0 Å². The Labute approximate surface area is 215 Å². The summed E-state index contributed by atoms with van der Waals surface area (Å²) in [4.78, 5) is 2.33. The number of ether oxygens (including phenoxy) is 1. The number of sulfonamides is 1. The van der Waals surface area contributed by atoms with Crippen molar-refractivity contribution in [3.05, 3.63) is 58.7 Å². The Morgan fingerprint density at radius 3 is 2.66 bits per heavy atom. The van der Waals surface area contributed by atoms with Crippen molar-refractivity contribution in [2.45, 2.75) is 18.4 Å². The first-order valence-electron chi connectivity index (χ1n) is 11.5. The first-order valence-corrected chi connectivity index (χ1v) is 14.2. The largest absolute Gasteiger partial charge is 0.489 e. The Morgan fingerprint density at radius 2 is 2.00 bits per heavy atom. The quantitative estimate of drug-likeness (QED) is 0.409. The zero-order valence-electron chi connectivity index (χ0n) is 19.4. The lowest BCUT2D eigenvalue weighted by atomic mass is 9.80. The van der Waals surface area contributed by atoms with Crippen LogP contribution in [0.3, 0.4) is 0 Å². The van der Waals surface area contributed by atoms with Crippen molar-refractivity contribution >= 4 is 44.1 Å². The van der Waals surface area contributed by atoms with Crippen LogP contribution in [0.4, 0.5) is 0 Å². The van der Waals surface area contributed by atoms with E-state index in [4.69, 9.17) is 27.9 Å². The van der Waals surface area contributed by atoms with Crippen molar-refractivity contribution in [3.8, 4) is 17.5 Å². The molecule has 0 atom stereocenters. The van der Waals surface area contributed by atoms with Gasteiger partial charge in [0, 0.05) is 43.4 Å². The Balaban J connectivity index is 1.28. The molecule has 2 aromatic carbocycles. The third kappa shape index (κ3) is 4.52. The number of benzene rings is 2. The fourth-order valence-electron chi connectivity index (χ4n) is 5.25. The number of alkyl halides is 1. The SMILES string of the molecule is CS(=O)(=O)N1CCC12CN(CCc1ccc3c(ccn3-c3cc(Cl)c(OCCCl)c(C#N)c3)c1)C2. The molecule has 2 fully saturated rings. The molecule has 3 heterocycles. The van der Waals surface area contributed by atoms with E-state index in [1.807, 2.05) is 16.8 Å². The Hall–Kier alpha value is -2.28. The monoisotopic (exact) mass is 532 g/mol. The maximum Gasteiger partial charge on any atom is 0.211 e. The van der Waals surface area contributed by atoms with Gasteiger partial charge >= 0.3 is 0 Å². The van der Waals surface area contributed by atoms with Crippen molar-refractivity contribution in [1.82, 2.24) is 13.8 Å². The Bertz CT molecular complexity index is 1420. The third-order valence-corrected chi connectivity index (χ3v) is 8.77. The lowest BCUT2D eigenvalue weighted by Gasteiger charge is -2.61. The molecule has 1 spiro atoms. The van der Waals surface area contributed by atoms with E-state index >= 15 is 0 Å². The summed E-state index contributed by atoms with van der Waals surface area (Å²) < 4.78 is 33.1. The number of hydrogen-bond acceptors (Lipinski definition) is 5. The lowest BCUT2D eigenvalue weighted by molar-refractivity contribution is -0.0716. The zero-order chi connectivity index (χ0) is 24.8. The highest BCUT2D eigenvalue weighted by atomic mass is 35.5. The van der Waals surface area contributed by atoms with Gasteiger partial charge in [-0.3, -0.25) is 4.90 Å². The molecule has 0 unspecified atom stereocenters. The summed E-state index contributed by atoms with van der Waals surface area (Å²) in [6.45, 7) is 3.44. The molecule has 2 saturated heterocycles. The number of rotatable bonds is 8. The van der Waals surface area contributed by atoms with Gasteiger partial charge in [0.05, 0.1) is 33.8 Å². The maximum atomic E-state index is 11.9. The van der Waals surface area contributed by atoms with Crippen LogP contribution in [0, 0.1) is 11.3 Å². The average molecular weight is 533 g/mol. The van der Waals surface area contributed by atoms with Crippen LogP contribution < -0.4 is 4.74 Å². The number of nitriles is 1. The van der Waals surface area contributed by atoms with Gasteiger partial charge in [0.25, 0.3) is 0 Å². The molecule has 0 saturated carbocycles. The van der Waals surface area contributed by atoms with E-state index in [-0.39, 0.29) is 12.1 Å². The van der Waals surface area contributed by atoms with Gasteiger partial charge in [-0.1, -0.05) is 17.7 Å². The highest BCUT2D eigenvalue weighted by Gasteiger charge is 2.56. The molecule has 10 heteroatoms. The molecule has 0 radical (unpaired) electrons. The second-order valence-corrected chi connectivity index (χ2v) is 12.0. The van der Waals surface area contributed by atoms with E-state index in [1.54, 1.807) is 16.4 Å². The van der Waals surface area contributed by atoms with Crippen molar-refractivity contribution in [2.75, 3.05) is 44.9 Å². The standard InChI is InChI=1S/C25H26Cl2N4O3S/c1-35(32,33)31-10-6-25(31)16-29(17-25)8-4-18-2-3-23-19(12-18)5-9-30(23)21-13-20(15-28)24(22(27)14-21)34-11-7-26/h2-3,5,9,12-14H,4,6-8,10-11,16-17H2,1H3. The van der Waals surface area contributed by atoms with E-state index in [9.17, 15) is 13.7 Å². The summed E-state index contributed by atoms with van der Waals surface area (Å²) in [6, 6.07) is 14.1. The molecule has 184 valence electrons. The molecular formula is C25H26Cl2N4O3S. The van der Waals surface area contributed by atoms with Crippen molar-refractivity contribution < 1.29 is 13.2 Å². The molecule has 1 aromatic heterocycles. The topological polar surface area (TPSA) is 78.6 Å². The van der Waals surface area contributed by atoms with Crippen molar-refractivity contribution in [3.63, 3.8) is 0 Å². The van der Waals surface area contributed by atoms with Gasteiger partial charge in [0.15, 0.2) is 5.75 Å². The second-order valence-electron chi connectivity index (χ2n) is 9.30. The number of likely N-dealkylation sites (tertiary alicyclic amines) is 1. The van der Waals surface area contributed by atoms with Crippen LogP contribution in [0.5, 0.6) is 5.75 Å². The molecule has 7 nitrogen and oxygen atoms in total. The molecule has 35 heavy (non-hydrogen) atoms. The zero-order valence-corrected chi connectivity index (χ0v) is 21.7. The number of halogens is 2. The number of nitrogens with zero attached hydrogens (tertiary/aromatic N) is 4. The Kier molecular flexibility index (Phi) is 6.49. The molecule has 0 amide bonds. The first kappa shape index (κ1) is 24.4. The van der Waals surface area contributed by atoms with Gasteiger partial charge in [-0.05, 0) is 48.7 Å². The first-order chi connectivity index (χ1) is 16.7. The number of hydrogen-bond donors (Lipinski definition) is 0. The van der Waals surface area contributed by atoms with E-state index in [0.717, 1.165) is 49.1 Å². The fraction of sp³-hybridized carbons (Fsp3) is 0.400. The van der Waals surface area contributed by atoms with Crippen LogP contribution in [0.25, 0.3) is 16.6 Å². The molecular weight excluding hydrogens is 507 g/mol. The average Bonchev–Trinajstić information content (AvgIpc) is 3.18. The van der Waals surface area contributed by atoms with Gasteiger partial charge in [-0.2, -0.15) is 9.57 Å². The number of fused-ring (bicyclic) bond motifs is 1. The van der Waals surface area contributed by atoms with Gasteiger partial charge < -0.3 is 9.30 Å². The van der Waals surface area contributed by atoms with Crippen LogP contribution in [0.15, 0.2) is 42.6 Å². The lowest BCUT2D eigenvalue weighted by Crippen LogP contribution is -2.77. The number of aromatic nitrogens is 1. The third-order valence-electron chi connectivity index (χ3n) is 6.97. The molecule has 5 rings (SSSR count). The summed E-state index contributed by atoms with van der Waals surface area (Å²) in [5, 5.41) is 11.1. The van der Waals surface area contributed by atoms with Gasteiger partial charge in [-0.15, -0.1) is 11.6 Å². The van der Waals surface area contributed by atoms with Gasteiger partial charge in [0.1, 0.15) is 12.7 Å². The summed E-state index contributed by atoms with van der Waals surface area (Å²) in [5.41, 5.74) is 3.23. The van der Waals surface area contributed by atoms with Crippen molar-refractivity contribution in [2.24, 2.45) is 0 Å². The highest BCUT2D eigenvalue weighted by Crippen LogP contribution is 2.41. The van der Waals surface area contributed by atoms with Crippen LogP contribution in [0.1, 0.15) is 17.5 Å². The summed E-state index contributed by atoms with van der Waals surface area (Å²) >= 11 is 12.1. The summed E-state index contributed by atoms with van der Waals surface area (Å²) in [7, 11) is -3.12. The molecule has 0 bridgehead atoms. The molecule has 3 aromatic rings. The van der Waals surface area contributed by atoms with Crippen LogP contribution in [-0.2, 0) is 16.4 Å². The smallest absolute Gasteiger partial charge is 0.211 e. The fourth-order valence-corrected chi connectivity index (χ4v) is 6.92. The van der Waals surface area contributed by atoms with Gasteiger partial charge in [-0.25, -0.2) is 8.42 Å². The van der Waals surface area contributed by atoms with E-state index in [1.165, 1.54) is 11.8 Å². The predicted molar refractivity (Wildman–Crippen MR) is 138 cm³/mol. The maximum absolute atomic E-state index is 11.9. The summed E-state index contributed by atoms with van der Waals surface area (Å²) in [6.07, 6.45) is 5.12. The van der Waals surface area contributed by atoms with Crippen LogP contribution in [-0.4, -0.2) is 72.7 Å². The second kappa shape index (κ2) is 9.30. The van der Waals surface area contributed by atoms with E-state index in [2.05, 4.69) is 29.2 Å². The minimum absolute atomic E-state index is 0.164. The molecule has 0 aliphatic carbocycles. The van der Waals surface area contributed by atoms with Crippen molar-refractivity contribution in [1.29, 1.82) is 5.26 Å². The van der Waals surface area contributed by atoms with Crippen LogP contribution >= 0.6 is 23.2 Å². The van der Waals surface area contributed by atoms with E-state index < -0.39 is 10.0 Å². The van der Waals surface area contributed by atoms with E-state index in [0.29, 0.717) is 28.8 Å². The highest BCUT2D eigenvalue weighted by molar-refractivity contribution is 7.88. The normalized spacial score (nSPS) is 17.8. The van der Waals surface area contributed by atoms with Crippen LogP contribution in [0.2, 0.25) is 5.02 Å².